The predicted molar refractivity (Wildman–Crippen MR) is 85.4 cm³/mol. The van der Waals surface area contributed by atoms with E-state index in [0.717, 1.165) is 23.7 Å². The zero-order valence-corrected chi connectivity index (χ0v) is 13.4. The minimum Gasteiger partial charge on any atom is -0.353 e. The second kappa shape index (κ2) is 7.79. The van der Waals surface area contributed by atoms with Crippen LogP contribution in [0.25, 0.3) is 0 Å². The average Bonchev–Trinajstić information content (AvgIpc) is 2.47. The molecular weight excluding hydrogens is 316 g/mol. The van der Waals surface area contributed by atoms with Crippen molar-refractivity contribution >= 4 is 21.8 Å². The molecule has 1 aromatic carbocycles. The molecule has 0 radical (unpaired) electrons. The lowest BCUT2D eigenvalue weighted by Crippen LogP contribution is -2.44. The molecule has 3 nitrogen and oxygen atoms in total. The first-order chi connectivity index (χ1) is 9.70. The number of nitrogens with one attached hydrogen (secondary N) is 1. The Morgan fingerprint density at radius 1 is 1.30 bits per heavy atom. The zero-order chi connectivity index (χ0) is 14.4. The van der Waals surface area contributed by atoms with Gasteiger partial charge in [0.1, 0.15) is 0 Å². The van der Waals surface area contributed by atoms with Crippen molar-refractivity contribution in [1.82, 2.24) is 5.32 Å². The molecule has 1 aliphatic rings. The van der Waals surface area contributed by atoms with E-state index in [4.69, 9.17) is 5.73 Å². The van der Waals surface area contributed by atoms with E-state index in [9.17, 15) is 4.79 Å². The number of carbonyl (C=O) groups excluding carboxylic acids is 1. The third-order valence-electron chi connectivity index (χ3n) is 4.14. The Morgan fingerprint density at radius 2 is 2.05 bits per heavy atom. The normalized spacial score (nSPS) is 22.5. The summed E-state index contributed by atoms with van der Waals surface area (Å²) in [5.74, 6) is 0.599. The summed E-state index contributed by atoms with van der Waals surface area (Å²) in [4.78, 5) is 12.1. The van der Waals surface area contributed by atoms with Gasteiger partial charge in [0.2, 0.25) is 5.91 Å². The number of carbonyl (C=O) groups is 1. The first-order valence-corrected chi connectivity index (χ1v) is 8.23. The van der Waals surface area contributed by atoms with E-state index < -0.39 is 0 Å². The van der Waals surface area contributed by atoms with Crippen LogP contribution in [0.4, 0.5) is 0 Å². The van der Waals surface area contributed by atoms with Gasteiger partial charge >= 0.3 is 0 Å². The van der Waals surface area contributed by atoms with Crippen molar-refractivity contribution in [2.75, 3.05) is 6.54 Å². The van der Waals surface area contributed by atoms with Gasteiger partial charge in [-0.2, -0.15) is 0 Å². The third kappa shape index (κ3) is 4.32. The fourth-order valence-corrected chi connectivity index (χ4v) is 3.39. The van der Waals surface area contributed by atoms with Crippen LogP contribution in [0.3, 0.4) is 0 Å². The molecule has 1 aromatic rings. The highest BCUT2D eigenvalue weighted by Gasteiger charge is 2.25. The summed E-state index contributed by atoms with van der Waals surface area (Å²) >= 11 is 3.52. The van der Waals surface area contributed by atoms with Crippen LogP contribution in [0.2, 0.25) is 0 Å². The molecule has 0 spiro atoms. The lowest BCUT2D eigenvalue weighted by molar-refractivity contribution is -0.122. The molecule has 0 saturated heterocycles. The minimum absolute atomic E-state index is 0.145. The van der Waals surface area contributed by atoms with Gasteiger partial charge in [-0.3, -0.25) is 4.79 Å². The van der Waals surface area contributed by atoms with E-state index in [2.05, 4.69) is 27.3 Å². The highest BCUT2D eigenvalue weighted by molar-refractivity contribution is 9.10. The highest BCUT2D eigenvalue weighted by Crippen LogP contribution is 2.24. The number of benzene rings is 1. The van der Waals surface area contributed by atoms with Crippen LogP contribution in [0, 0.1) is 5.92 Å². The second-order valence-corrected chi connectivity index (χ2v) is 6.40. The van der Waals surface area contributed by atoms with E-state index >= 15 is 0 Å². The first-order valence-electron chi connectivity index (χ1n) is 7.43. The van der Waals surface area contributed by atoms with Crippen LogP contribution in [-0.2, 0) is 11.2 Å². The Kier molecular flexibility index (Phi) is 6.05. The van der Waals surface area contributed by atoms with E-state index in [0.29, 0.717) is 18.9 Å². The Morgan fingerprint density at radius 3 is 2.80 bits per heavy atom. The molecule has 0 aliphatic heterocycles. The van der Waals surface area contributed by atoms with Gasteiger partial charge in [0, 0.05) is 16.9 Å². The van der Waals surface area contributed by atoms with Crippen LogP contribution in [0.5, 0.6) is 0 Å². The number of hydrogen-bond acceptors (Lipinski definition) is 2. The largest absolute Gasteiger partial charge is 0.353 e. The van der Waals surface area contributed by atoms with Crippen molar-refractivity contribution < 1.29 is 4.79 Å². The summed E-state index contributed by atoms with van der Waals surface area (Å²) < 4.78 is 1.07. The minimum atomic E-state index is 0.145. The van der Waals surface area contributed by atoms with Gasteiger partial charge in [-0.25, -0.2) is 0 Å². The Labute approximate surface area is 129 Å². The van der Waals surface area contributed by atoms with Crippen LogP contribution >= 0.6 is 15.9 Å². The van der Waals surface area contributed by atoms with E-state index in [1.165, 1.54) is 18.4 Å². The van der Waals surface area contributed by atoms with Gasteiger partial charge in [-0.1, -0.05) is 47.0 Å². The van der Waals surface area contributed by atoms with Gasteiger partial charge in [0.05, 0.1) is 0 Å². The molecule has 2 rings (SSSR count). The number of halogens is 1. The molecule has 2 atom stereocenters. The van der Waals surface area contributed by atoms with Gasteiger partial charge < -0.3 is 11.1 Å². The predicted octanol–water partition coefficient (Wildman–Crippen LogP) is 3.02. The van der Waals surface area contributed by atoms with Crippen molar-refractivity contribution in [1.29, 1.82) is 0 Å². The summed E-state index contributed by atoms with van der Waals surface area (Å²) in [6, 6.07) is 8.34. The molecule has 1 aliphatic carbocycles. The zero-order valence-electron chi connectivity index (χ0n) is 11.8. The van der Waals surface area contributed by atoms with Gasteiger partial charge in [-0.15, -0.1) is 0 Å². The molecule has 0 aromatic heterocycles. The number of amides is 1. The maximum absolute atomic E-state index is 12.1. The molecular formula is C16H23BrN2O. The molecule has 1 saturated carbocycles. The molecule has 1 amide bonds. The lowest BCUT2D eigenvalue weighted by atomic mass is 9.84. The maximum atomic E-state index is 12.1. The van der Waals surface area contributed by atoms with Crippen molar-refractivity contribution in [2.24, 2.45) is 11.7 Å². The highest BCUT2D eigenvalue weighted by atomic mass is 79.9. The standard InChI is InChI=1S/C16H23BrN2O/c17-14-7-3-1-5-12(14)9-10-16(20)19-15-8-4-2-6-13(15)11-18/h1,3,5,7,13,15H,2,4,6,8-11,18H2,(H,19,20). The molecule has 3 N–H and O–H groups in total. The van der Waals surface area contributed by atoms with Crippen molar-refractivity contribution in [3.8, 4) is 0 Å². The van der Waals surface area contributed by atoms with Gasteiger partial charge in [0.15, 0.2) is 0 Å². The Balaban J connectivity index is 1.82. The lowest BCUT2D eigenvalue weighted by Gasteiger charge is -2.31. The number of hydrogen-bond donors (Lipinski definition) is 2. The Hall–Kier alpha value is -0.870. The second-order valence-electron chi connectivity index (χ2n) is 5.55. The topological polar surface area (TPSA) is 55.1 Å². The van der Waals surface area contributed by atoms with Crippen LogP contribution in [0.1, 0.15) is 37.7 Å². The molecule has 4 heteroatoms. The van der Waals surface area contributed by atoms with Gasteiger partial charge in [-0.05, 0) is 43.4 Å². The monoisotopic (exact) mass is 338 g/mol. The van der Waals surface area contributed by atoms with Crippen LogP contribution in [-0.4, -0.2) is 18.5 Å². The summed E-state index contributed by atoms with van der Waals surface area (Å²) in [6.07, 6.45) is 5.97. The fraction of sp³-hybridized carbons (Fsp3) is 0.562. The molecule has 1 fully saturated rings. The van der Waals surface area contributed by atoms with E-state index in [1.807, 2.05) is 18.2 Å². The average molecular weight is 339 g/mol. The molecule has 2 unspecified atom stereocenters. The Bertz CT molecular complexity index is 450. The molecule has 0 heterocycles. The van der Waals surface area contributed by atoms with E-state index in [1.54, 1.807) is 0 Å². The van der Waals surface area contributed by atoms with Crippen molar-refractivity contribution in [3.05, 3.63) is 34.3 Å². The molecule has 20 heavy (non-hydrogen) atoms. The summed E-state index contributed by atoms with van der Waals surface area (Å²) in [5.41, 5.74) is 6.98. The summed E-state index contributed by atoms with van der Waals surface area (Å²) in [5, 5.41) is 3.18. The van der Waals surface area contributed by atoms with Crippen molar-refractivity contribution in [3.63, 3.8) is 0 Å². The smallest absolute Gasteiger partial charge is 0.220 e. The van der Waals surface area contributed by atoms with Crippen molar-refractivity contribution in [2.45, 2.75) is 44.6 Å². The quantitative estimate of drug-likeness (QED) is 0.866. The third-order valence-corrected chi connectivity index (χ3v) is 4.91. The first kappa shape index (κ1) is 15.5. The molecule has 0 bridgehead atoms. The van der Waals surface area contributed by atoms with Crippen LogP contribution in [0.15, 0.2) is 28.7 Å². The number of rotatable bonds is 5. The summed E-state index contributed by atoms with van der Waals surface area (Å²) in [7, 11) is 0. The van der Waals surface area contributed by atoms with Crippen LogP contribution < -0.4 is 11.1 Å². The number of nitrogens with two attached hydrogens (primary N) is 1. The SMILES string of the molecule is NCC1CCCCC1NC(=O)CCc1ccccc1Br. The van der Waals surface area contributed by atoms with E-state index in [-0.39, 0.29) is 11.9 Å². The fourth-order valence-electron chi connectivity index (χ4n) is 2.91. The molecule has 110 valence electrons. The van der Waals surface area contributed by atoms with Gasteiger partial charge in [0.25, 0.3) is 0 Å². The summed E-state index contributed by atoms with van der Waals surface area (Å²) in [6.45, 7) is 0.676. The maximum Gasteiger partial charge on any atom is 0.220 e. The number of aryl methyl sites for hydroxylation is 1.